The molecule has 17 atom stereocenters. The summed E-state index contributed by atoms with van der Waals surface area (Å²) in [7, 11) is 1.60. The van der Waals surface area contributed by atoms with Gasteiger partial charge in [-0.1, -0.05) is 107 Å². The van der Waals surface area contributed by atoms with Gasteiger partial charge in [0.05, 0.1) is 42.0 Å². The van der Waals surface area contributed by atoms with Gasteiger partial charge in [0.1, 0.15) is 37.6 Å². The number of nitrogens with one attached hydrogen (secondary N) is 3. The number of hydrogen-bond acceptors (Lipinski definition) is 15. The second-order valence-corrected chi connectivity index (χ2v) is 18.7. The molecule has 5 heterocycles. The summed E-state index contributed by atoms with van der Waals surface area (Å²) in [5, 5.41) is 8.75. The summed E-state index contributed by atoms with van der Waals surface area (Å²) in [5.41, 5.74) is 1.86. The lowest BCUT2D eigenvalue weighted by molar-refractivity contribution is -0.368. The number of ether oxygens (including phenoxy) is 10. The number of benzene rings is 3. The van der Waals surface area contributed by atoms with Crippen LogP contribution >= 0.6 is 0 Å². The van der Waals surface area contributed by atoms with Crippen molar-refractivity contribution in [2.24, 2.45) is 17.8 Å². The van der Waals surface area contributed by atoms with E-state index >= 15 is 0 Å². The predicted molar refractivity (Wildman–Crippen MR) is 241 cm³/mol. The largest absolute Gasteiger partial charge is 0.456 e. The molecule has 0 aromatic heterocycles. The maximum atomic E-state index is 13.8. The lowest BCUT2D eigenvalue weighted by atomic mass is 9.78. The van der Waals surface area contributed by atoms with Gasteiger partial charge in [0.15, 0.2) is 25.0 Å². The molecule has 6 aliphatic rings. The number of carbonyl (C=O) groups is 5. The minimum Gasteiger partial charge on any atom is -0.456 e. The van der Waals surface area contributed by atoms with Crippen molar-refractivity contribution in [3.05, 3.63) is 108 Å². The first kappa shape index (κ1) is 48.1. The van der Waals surface area contributed by atoms with Crippen molar-refractivity contribution in [2.75, 3.05) is 7.05 Å². The van der Waals surface area contributed by atoms with Gasteiger partial charge in [-0.25, -0.2) is 24.0 Å². The fourth-order valence-corrected chi connectivity index (χ4v) is 10.4. The first-order valence-electron chi connectivity index (χ1n) is 23.7. The lowest BCUT2D eigenvalue weighted by Crippen LogP contribution is -2.66. The van der Waals surface area contributed by atoms with Crippen molar-refractivity contribution < 1.29 is 71.3 Å². The minimum atomic E-state index is -0.995. The zero-order valence-electron chi connectivity index (χ0n) is 39.1. The fraction of sp³-hybridized carbons (Fsp3) is 0.540. The molecule has 0 radical (unpaired) electrons. The van der Waals surface area contributed by atoms with E-state index in [9.17, 15) is 24.0 Å². The van der Waals surface area contributed by atoms with E-state index in [0.717, 1.165) is 11.1 Å². The molecule has 1 saturated carbocycles. The summed E-state index contributed by atoms with van der Waals surface area (Å²) in [6.45, 7) is 7.57. The molecule has 6 fully saturated rings. The van der Waals surface area contributed by atoms with Gasteiger partial charge in [-0.2, -0.15) is 0 Å². The zero-order chi connectivity index (χ0) is 48.3. The van der Waals surface area contributed by atoms with Crippen molar-refractivity contribution in [1.82, 2.24) is 20.9 Å². The number of amides is 4. The summed E-state index contributed by atoms with van der Waals surface area (Å²) in [6, 6.07) is 24.1. The molecular formula is C50H60N4O15. The van der Waals surface area contributed by atoms with Crippen molar-refractivity contribution in [3.8, 4) is 0 Å². The van der Waals surface area contributed by atoms with E-state index < -0.39 is 110 Å². The highest BCUT2D eigenvalue weighted by Gasteiger charge is 2.61. The fourth-order valence-electron chi connectivity index (χ4n) is 10.4. The van der Waals surface area contributed by atoms with Crippen molar-refractivity contribution in [2.45, 2.75) is 146 Å². The van der Waals surface area contributed by atoms with Crippen molar-refractivity contribution >= 4 is 30.3 Å². The Morgan fingerprint density at radius 3 is 1.91 bits per heavy atom. The second kappa shape index (κ2) is 20.9. The third-order valence-electron chi connectivity index (χ3n) is 14.1. The predicted octanol–water partition coefficient (Wildman–Crippen LogP) is 5.79. The zero-order valence-corrected chi connectivity index (χ0v) is 39.1. The molecule has 9 rings (SSSR count). The summed E-state index contributed by atoms with van der Waals surface area (Å²) < 4.78 is 62.6. The number of alkyl carbamates (subject to hydrolysis) is 3. The van der Waals surface area contributed by atoms with Crippen LogP contribution in [0.2, 0.25) is 0 Å². The molecule has 19 heteroatoms. The Labute approximate surface area is 400 Å². The third kappa shape index (κ3) is 10.5. The van der Waals surface area contributed by atoms with Gasteiger partial charge in [-0.3, -0.25) is 4.90 Å². The summed E-state index contributed by atoms with van der Waals surface area (Å²) in [6.07, 6.45) is -9.41. The highest BCUT2D eigenvalue weighted by atomic mass is 16.8. The van der Waals surface area contributed by atoms with E-state index in [1.807, 2.05) is 88.4 Å². The molecule has 5 saturated heterocycles. The number of fused-ring (bicyclic) bond motifs is 4. The van der Waals surface area contributed by atoms with Gasteiger partial charge in [0, 0.05) is 24.8 Å². The molecule has 1 aliphatic carbocycles. The first-order chi connectivity index (χ1) is 33.3. The number of esters is 1. The molecule has 19 nitrogen and oxygen atoms in total. The minimum absolute atomic E-state index is 0.00568. The number of carbonyl (C=O) groups excluding carboxylic acids is 5. The Morgan fingerprint density at radius 1 is 0.681 bits per heavy atom. The molecule has 0 spiro atoms. The van der Waals surface area contributed by atoms with E-state index in [1.54, 1.807) is 37.4 Å². The Morgan fingerprint density at radius 2 is 1.29 bits per heavy atom. The molecule has 3 aromatic carbocycles. The van der Waals surface area contributed by atoms with Crippen LogP contribution in [-0.2, 0) is 60.6 Å². The van der Waals surface area contributed by atoms with Crippen LogP contribution in [-0.4, -0.2) is 128 Å². The van der Waals surface area contributed by atoms with Gasteiger partial charge in [0.25, 0.3) is 0 Å². The van der Waals surface area contributed by atoms with E-state index in [2.05, 4.69) is 16.0 Å². The summed E-state index contributed by atoms with van der Waals surface area (Å²) >= 11 is 0. The molecule has 0 bridgehead atoms. The maximum absolute atomic E-state index is 13.8. The number of hydrogen-bond donors (Lipinski definition) is 3. The highest BCUT2D eigenvalue weighted by molar-refractivity contribution is 5.89. The van der Waals surface area contributed by atoms with E-state index in [1.165, 1.54) is 4.90 Å². The Balaban J connectivity index is 0.954. The molecule has 9 unspecified atom stereocenters. The first-order valence-corrected chi connectivity index (χ1v) is 23.7. The van der Waals surface area contributed by atoms with Gasteiger partial charge in [-0.15, -0.1) is 0 Å². The van der Waals surface area contributed by atoms with E-state index in [4.69, 9.17) is 47.4 Å². The van der Waals surface area contributed by atoms with Crippen LogP contribution in [0, 0.1) is 17.8 Å². The van der Waals surface area contributed by atoms with Crippen molar-refractivity contribution in [3.63, 3.8) is 0 Å². The highest BCUT2D eigenvalue weighted by Crippen LogP contribution is 2.44. The van der Waals surface area contributed by atoms with Crippen LogP contribution in [0.25, 0.3) is 0 Å². The van der Waals surface area contributed by atoms with Crippen LogP contribution < -0.4 is 16.0 Å². The number of nitrogens with zero attached hydrogens (tertiary/aromatic N) is 1. The molecular weight excluding hydrogens is 897 g/mol. The molecule has 3 aromatic rings. The van der Waals surface area contributed by atoms with Crippen molar-refractivity contribution in [1.29, 1.82) is 0 Å². The van der Waals surface area contributed by atoms with Crippen LogP contribution in [0.15, 0.2) is 91.0 Å². The lowest BCUT2D eigenvalue weighted by Gasteiger charge is -2.51. The van der Waals surface area contributed by atoms with Crippen LogP contribution in [0.3, 0.4) is 0 Å². The molecule has 4 amide bonds. The van der Waals surface area contributed by atoms with Crippen LogP contribution in [0.4, 0.5) is 19.2 Å². The van der Waals surface area contributed by atoms with E-state index in [-0.39, 0.29) is 43.6 Å². The third-order valence-corrected chi connectivity index (χ3v) is 14.1. The van der Waals surface area contributed by atoms with Crippen LogP contribution in [0.1, 0.15) is 68.4 Å². The van der Waals surface area contributed by atoms with Crippen LogP contribution in [0.5, 0.6) is 0 Å². The SMILES string of the molecule is CCC1O[C@H](OC2O[C@H]3CC(C)[C@@H](O[C@@H]4C(NC(=O)OCc5ccccc5)C[C@@H](NC(=O)OCc5ccccc5)C(OC(=O)c5ccccc5)[C@H]4C)OC3C3OC(=O)N(C)C23)C(C)[C@H]2OC(=O)N[C@H]12. The number of rotatable bonds is 13. The number of likely N-dealkylation sites (N-methyl/N-ethyl adjacent to an activating group) is 1. The van der Waals surface area contributed by atoms with Gasteiger partial charge in [0.2, 0.25) is 0 Å². The standard InChI is InChI=1S/C50H60N4O15/c1-6-34-36-40(67-49(58)53-36)28(4)45(62-34)69-46-37-42(68-50(59)54(37)5)41-35(63-46)22-26(2)44(66-41)65-39-27(3)38(64-43(55)31-20-14-9-15-21-31)32(51-47(56)60-24-29-16-10-7-11-17-29)23-33(39)52-48(57)61-25-30-18-12-8-13-19-30/h7-21,26-28,32-42,44-46H,6,22-25H2,1-5H3,(H,51,56)(H,52,57)(H,53,58)/t26?,27-,28?,32-,33?,34?,35+,36-,37?,38?,39+,40-,41?,42?,44+,45-,46?/m1/s1. The summed E-state index contributed by atoms with van der Waals surface area (Å²) in [5.74, 6) is -2.03. The topological polar surface area (TPSA) is 217 Å². The van der Waals surface area contributed by atoms with Gasteiger partial charge < -0.3 is 63.3 Å². The smallest absolute Gasteiger partial charge is 0.410 e. The normalized spacial score (nSPS) is 35.7. The van der Waals surface area contributed by atoms with E-state index in [0.29, 0.717) is 18.4 Å². The van der Waals surface area contributed by atoms with Gasteiger partial charge in [-0.05, 0) is 42.5 Å². The maximum Gasteiger partial charge on any atom is 0.410 e. The second-order valence-electron chi connectivity index (χ2n) is 18.7. The Kier molecular flexibility index (Phi) is 14.6. The average Bonchev–Trinajstić information content (AvgIpc) is 3.90. The summed E-state index contributed by atoms with van der Waals surface area (Å²) in [4.78, 5) is 68.0. The molecule has 5 aliphatic heterocycles. The quantitative estimate of drug-likeness (QED) is 0.137. The Bertz CT molecular complexity index is 2280. The molecule has 69 heavy (non-hydrogen) atoms. The molecule has 3 N–H and O–H groups in total. The molecule has 370 valence electrons. The average molecular weight is 957 g/mol. The monoisotopic (exact) mass is 956 g/mol. The Hall–Kier alpha value is -5.99. The van der Waals surface area contributed by atoms with Gasteiger partial charge >= 0.3 is 30.3 Å².